The molecule has 2 aromatic rings. The number of nitrogens with one attached hydrogen (secondary N) is 2. The Morgan fingerprint density at radius 3 is 3.00 bits per heavy atom. The molecule has 2 N–H and O–H groups in total. The van der Waals surface area contributed by atoms with Gasteiger partial charge in [0.25, 0.3) is 0 Å². The van der Waals surface area contributed by atoms with Gasteiger partial charge in [-0.3, -0.25) is 4.79 Å². The van der Waals surface area contributed by atoms with Crippen molar-refractivity contribution in [3.05, 3.63) is 28.3 Å². The minimum absolute atomic E-state index is 0.0771. The maximum atomic E-state index is 10.7. The molecule has 1 amide bonds. The molecule has 18 heavy (non-hydrogen) atoms. The second-order valence-electron chi connectivity index (χ2n) is 3.59. The lowest BCUT2D eigenvalue weighted by Crippen LogP contribution is -2.19. The van der Waals surface area contributed by atoms with Crippen molar-refractivity contribution >= 4 is 46.2 Å². The Balaban J connectivity index is 2.27. The van der Waals surface area contributed by atoms with Gasteiger partial charge in [0.15, 0.2) is 0 Å². The van der Waals surface area contributed by atoms with E-state index >= 15 is 0 Å². The van der Waals surface area contributed by atoms with Gasteiger partial charge in [-0.2, -0.15) is 4.98 Å². The Morgan fingerprint density at radius 2 is 2.28 bits per heavy atom. The van der Waals surface area contributed by atoms with Crippen molar-refractivity contribution in [1.29, 1.82) is 0 Å². The monoisotopic (exact) mass is 284 g/mol. The molecule has 0 aliphatic rings. The number of rotatable bonds is 3. The number of H-pyrrole nitrogens is 1. The molecule has 0 spiro atoms. The van der Waals surface area contributed by atoms with Crippen molar-refractivity contribution in [2.24, 2.45) is 0 Å². The van der Waals surface area contributed by atoms with E-state index < -0.39 is 0 Å². The molecule has 0 unspecified atom stereocenters. The van der Waals surface area contributed by atoms with E-state index in [0.29, 0.717) is 22.7 Å². The summed E-state index contributed by atoms with van der Waals surface area (Å²) < 4.78 is 0. The fourth-order valence-electron chi connectivity index (χ4n) is 1.51. The molecule has 0 atom stereocenters. The van der Waals surface area contributed by atoms with Crippen LogP contribution in [0, 0.1) is 0 Å². The molecule has 0 saturated carbocycles. The minimum atomic E-state index is -0.0771. The van der Waals surface area contributed by atoms with E-state index in [4.69, 9.17) is 23.2 Å². The molecule has 7 heteroatoms. The average molecular weight is 285 g/mol. The molecule has 0 radical (unpaired) electrons. The highest BCUT2D eigenvalue weighted by atomic mass is 35.5. The summed E-state index contributed by atoms with van der Waals surface area (Å²) in [5.74, 6) is -0.0771. The first-order chi connectivity index (χ1) is 8.58. The average Bonchev–Trinajstić information content (AvgIpc) is 2.67. The van der Waals surface area contributed by atoms with Gasteiger partial charge in [0.05, 0.1) is 5.39 Å². The van der Waals surface area contributed by atoms with Crippen LogP contribution in [0.1, 0.15) is 12.5 Å². The number of hydrogen-bond donors (Lipinski definition) is 2. The van der Waals surface area contributed by atoms with Crippen molar-refractivity contribution in [2.75, 3.05) is 6.54 Å². The molecule has 0 fully saturated rings. The Hall–Kier alpha value is -1.59. The molecule has 2 heterocycles. The minimum Gasteiger partial charge on any atom is -0.353 e. The third-order valence-electron chi connectivity index (χ3n) is 2.26. The van der Waals surface area contributed by atoms with Gasteiger partial charge in [0.2, 0.25) is 11.2 Å². The molecule has 2 aromatic heterocycles. The third-order valence-corrected chi connectivity index (χ3v) is 2.70. The van der Waals surface area contributed by atoms with E-state index in [1.807, 2.05) is 12.2 Å². The third kappa shape index (κ3) is 2.80. The molecule has 0 aliphatic carbocycles. The van der Waals surface area contributed by atoms with E-state index in [0.717, 1.165) is 5.56 Å². The number of aromatic nitrogens is 3. The second-order valence-corrected chi connectivity index (χ2v) is 4.29. The zero-order valence-electron chi connectivity index (χ0n) is 9.50. The normalized spacial score (nSPS) is 11.3. The van der Waals surface area contributed by atoms with E-state index in [1.165, 1.54) is 6.92 Å². The largest absolute Gasteiger partial charge is 0.353 e. The highest BCUT2D eigenvalue weighted by Gasteiger charge is 2.09. The predicted octanol–water partition coefficient (Wildman–Crippen LogP) is 2.41. The number of aromatic amines is 1. The molecular formula is C11H10Cl2N4O. The number of amides is 1. The number of carbonyl (C=O) groups excluding carboxylic acids is 1. The number of hydrogen-bond acceptors (Lipinski definition) is 3. The highest BCUT2D eigenvalue weighted by Crippen LogP contribution is 2.25. The van der Waals surface area contributed by atoms with Gasteiger partial charge < -0.3 is 10.3 Å². The quantitative estimate of drug-likeness (QED) is 0.672. The molecule has 0 aliphatic heterocycles. The lowest BCUT2D eigenvalue weighted by Gasteiger charge is -1.97. The summed E-state index contributed by atoms with van der Waals surface area (Å²) in [5, 5.41) is 3.76. The van der Waals surface area contributed by atoms with Gasteiger partial charge in [-0.15, -0.1) is 0 Å². The fraction of sp³-hybridized carbons (Fsp3) is 0.182. The number of fused-ring (bicyclic) bond motifs is 1. The van der Waals surface area contributed by atoms with Crippen molar-refractivity contribution in [3.63, 3.8) is 0 Å². The maximum Gasteiger partial charge on any atom is 0.225 e. The lowest BCUT2D eigenvalue weighted by molar-refractivity contribution is -0.118. The summed E-state index contributed by atoms with van der Waals surface area (Å²) in [4.78, 5) is 21.6. The van der Waals surface area contributed by atoms with Crippen molar-refractivity contribution in [3.8, 4) is 0 Å². The van der Waals surface area contributed by atoms with E-state index in [9.17, 15) is 4.79 Å². The molecule has 5 nitrogen and oxygen atoms in total. The lowest BCUT2D eigenvalue weighted by atomic mass is 10.2. The van der Waals surface area contributed by atoms with Gasteiger partial charge in [0.1, 0.15) is 10.8 Å². The fourth-order valence-corrected chi connectivity index (χ4v) is 2.00. The van der Waals surface area contributed by atoms with E-state index in [1.54, 1.807) is 6.20 Å². The zero-order chi connectivity index (χ0) is 13.1. The first kappa shape index (κ1) is 12.9. The van der Waals surface area contributed by atoms with Crippen molar-refractivity contribution < 1.29 is 4.79 Å². The zero-order valence-corrected chi connectivity index (χ0v) is 11.0. The molecule has 2 rings (SSSR count). The summed E-state index contributed by atoms with van der Waals surface area (Å²) in [6.45, 7) is 1.92. The maximum absolute atomic E-state index is 10.7. The van der Waals surface area contributed by atoms with Crippen LogP contribution >= 0.6 is 23.2 Å². The van der Waals surface area contributed by atoms with E-state index in [2.05, 4.69) is 20.3 Å². The van der Waals surface area contributed by atoms with Gasteiger partial charge >= 0.3 is 0 Å². The molecule has 94 valence electrons. The summed E-state index contributed by atoms with van der Waals surface area (Å²) in [5.41, 5.74) is 1.43. The standard InChI is InChI=1S/C11H10Cl2N4O/c1-6(18)14-4-2-3-7-5-15-10-8(7)9(12)16-11(13)17-10/h2-3,5H,4H2,1H3,(H,14,18)(H,15,16,17). The summed E-state index contributed by atoms with van der Waals surface area (Å²) in [7, 11) is 0. The summed E-state index contributed by atoms with van der Waals surface area (Å²) in [6.07, 6.45) is 5.40. The first-order valence-corrected chi connectivity index (χ1v) is 5.94. The molecule has 0 bridgehead atoms. The van der Waals surface area contributed by atoms with Crippen LogP contribution in [-0.2, 0) is 4.79 Å². The second kappa shape index (κ2) is 5.37. The van der Waals surface area contributed by atoms with Gasteiger partial charge in [0, 0.05) is 25.2 Å². The summed E-state index contributed by atoms with van der Waals surface area (Å²) >= 11 is 11.7. The number of nitrogens with zero attached hydrogens (tertiary/aromatic N) is 2. The SMILES string of the molecule is CC(=O)NCC=Cc1c[nH]c2nc(Cl)nc(Cl)c12. The Kier molecular flexibility index (Phi) is 3.84. The first-order valence-electron chi connectivity index (χ1n) is 5.19. The topological polar surface area (TPSA) is 70.7 Å². The molecule has 0 aromatic carbocycles. The van der Waals surface area contributed by atoms with Gasteiger partial charge in [-0.1, -0.05) is 23.8 Å². The number of halogens is 2. The molecular weight excluding hydrogens is 275 g/mol. The Bertz CT molecular complexity index is 621. The Labute approximate surface area is 113 Å². The van der Waals surface area contributed by atoms with Gasteiger partial charge in [-0.05, 0) is 11.6 Å². The van der Waals surface area contributed by atoms with Crippen LogP contribution in [0.5, 0.6) is 0 Å². The number of carbonyl (C=O) groups is 1. The van der Waals surface area contributed by atoms with Crippen LogP contribution in [0.2, 0.25) is 10.4 Å². The van der Waals surface area contributed by atoms with E-state index in [-0.39, 0.29) is 11.2 Å². The predicted molar refractivity (Wildman–Crippen MR) is 71.6 cm³/mol. The van der Waals surface area contributed by atoms with Crippen LogP contribution in [-0.4, -0.2) is 27.4 Å². The van der Waals surface area contributed by atoms with Crippen molar-refractivity contribution in [2.45, 2.75) is 6.92 Å². The van der Waals surface area contributed by atoms with Crippen LogP contribution in [0.15, 0.2) is 12.3 Å². The highest BCUT2D eigenvalue weighted by molar-refractivity contribution is 6.36. The van der Waals surface area contributed by atoms with Crippen LogP contribution in [0.25, 0.3) is 17.1 Å². The smallest absolute Gasteiger partial charge is 0.225 e. The van der Waals surface area contributed by atoms with Crippen LogP contribution in [0.4, 0.5) is 0 Å². The Morgan fingerprint density at radius 1 is 1.50 bits per heavy atom. The van der Waals surface area contributed by atoms with Crippen LogP contribution in [0.3, 0.4) is 0 Å². The summed E-state index contributed by atoms with van der Waals surface area (Å²) in [6, 6.07) is 0. The molecule has 0 saturated heterocycles. The van der Waals surface area contributed by atoms with Gasteiger partial charge in [-0.25, -0.2) is 4.98 Å². The van der Waals surface area contributed by atoms with Crippen molar-refractivity contribution in [1.82, 2.24) is 20.3 Å². The van der Waals surface area contributed by atoms with Crippen LogP contribution < -0.4 is 5.32 Å².